The van der Waals surface area contributed by atoms with Gasteiger partial charge in [0.1, 0.15) is 17.4 Å². The van der Waals surface area contributed by atoms with E-state index in [4.69, 9.17) is 0 Å². The molecule has 1 fully saturated rings. The van der Waals surface area contributed by atoms with Crippen molar-refractivity contribution in [3.8, 4) is 22.6 Å². The van der Waals surface area contributed by atoms with Gasteiger partial charge in [0, 0.05) is 43.2 Å². The summed E-state index contributed by atoms with van der Waals surface area (Å²) in [7, 11) is 0. The van der Waals surface area contributed by atoms with Crippen LogP contribution in [-0.2, 0) is 0 Å². The number of aryl methyl sites for hydroxylation is 2. The van der Waals surface area contributed by atoms with Crippen LogP contribution in [0, 0.1) is 25.5 Å². The lowest BCUT2D eigenvalue weighted by Gasteiger charge is -2.36. The SMILES string of the molecule is CC=CN1CCN(c2cc(=O)n(-c3c(C)cccc3C)c3cc(-c4c(O)cccc4F)c(F)cc23)CC1. The number of rotatable bonds is 4. The van der Waals surface area contributed by atoms with E-state index in [1.807, 2.05) is 51.2 Å². The van der Waals surface area contributed by atoms with Crippen molar-refractivity contribution < 1.29 is 13.9 Å². The number of benzene rings is 3. The molecular formula is C30H29F2N3O2. The molecule has 0 unspecified atom stereocenters. The zero-order valence-electron chi connectivity index (χ0n) is 21.1. The summed E-state index contributed by atoms with van der Waals surface area (Å²) in [5, 5.41) is 11.0. The summed E-state index contributed by atoms with van der Waals surface area (Å²) in [5.41, 5.74) is 2.99. The number of aromatic hydroxyl groups is 1. The smallest absolute Gasteiger partial charge is 0.257 e. The third-order valence-electron chi connectivity index (χ3n) is 7.02. The molecule has 0 aliphatic carbocycles. The van der Waals surface area contributed by atoms with E-state index in [-0.39, 0.29) is 22.4 Å². The number of fused-ring (bicyclic) bond motifs is 1. The molecule has 1 aliphatic rings. The molecule has 1 saturated heterocycles. The lowest BCUT2D eigenvalue weighted by Crippen LogP contribution is -2.44. The fourth-order valence-electron chi connectivity index (χ4n) is 5.27. The highest BCUT2D eigenvalue weighted by atomic mass is 19.1. The maximum atomic E-state index is 15.7. The van der Waals surface area contributed by atoms with Gasteiger partial charge < -0.3 is 14.9 Å². The highest BCUT2D eigenvalue weighted by Crippen LogP contribution is 2.38. The van der Waals surface area contributed by atoms with Crippen molar-refractivity contribution in [2.24, 2.45) is 0 Å². The molecule has 5 rings (SSSR count). The van der Waals surface area contributed by atoms with E-state index in [2.05, 4.69) is 9.80 Å². The van der Waals surface area contributed by atoms with Crippen molar-refractivity contribution >= 4 is 16.6 Å². The number of para-hydroxylation sites is 1. The number of aromatic nitrogens is 1. The van der Waals surface area contributed by atoms with Crippen LogP contribution in [0.15, 0.2) is 71.7 Å². The van der Waals surface area contributed by atoms with Crippen molar-refractivity contribution in [2.45, 2.75) is 20.8 Å². The molecule has 3 aromatic carbocycles. The molecule has 0 atom stereocenters. The van der Waals surface area contributed by atoms with E-state index in [0.29, 0.717) is 35.4 Å². The van der Waals surface area contributed by atoms with Crippen LogP contribution in [-0.4, -0.2) is 40.8 Å². The number of pyridine rings is 1. The van der Waals surface area contributed by atoms with Crippen molar-refractivity contribution in [2.75, 3.05) is 31.1 Å². The molecular weight excluding hydrogens is 472 g/mol. The van der Waals surface area contributed by atoms with Gasteiger partial charge in [-0.1, -0.05) is 30.3 Å². The first-order valence-corrected chi connectivity index (χ1v) is 12.4. The Morgan fingerprint density at radius 1 is 0.892 bits per heavy atom. The Kier molecular flexibility index (Phi) is 6.46. The predicted molar refractivity (Wildman–Crippen MR) is 145 cm³/mol. The highest BCUT2D eigenvalue weighted by Gasteiger charge is 2.24. The number of hydrogen-bond acceptors (Lipinski definition) is 4. The summed E-state index contributed by atoms with van der Waals surface area (Å²) in [6, 6.07) is 14.0. The van der Waals surface area contributed by atoms with Gasteiger partial charge in [-0.3, -0.25) is 9.36 Å². The Labute approximate surface area is 214 Å². The molecule has 5 nitrogen and oxygen atoms in total. The summed E-state index contributed by atoms with van der Waals surface area (Å²) in [6.07, 6.45) is 4.03. The predicted octanol–water partition coefficient (Wildman–Crippen LogP) is 5.91. The molecule has 1 aromatic heterocycles. The maximum Gasteiger partial charge on any atom is 0.257 e. The fourth-order valence-corrected chi connectivity index (χ4v) is 5.27. The number of hydrogen-bond donors (Lipinski definition) is 1. The third kappa shape index (κ3) is 4.35. The van der Waals surface area contributed by atoms with Crippen molar-refractivity contribution in [3.05, 3.63) is 100.0 Å². The number of nitrogens with zero attached hydrogens (tertiary/aromatic N) is 3. The molecule has 7 heteroatoms. The highest BCUT2D eigenvalue weighted by molar-refractivity contribution is 5.96. The van der Waals surface area contributed by atoms with E-state index in [9.17, 15) is 14.3 Å². The minimum Gasteiger partial charge on any atom is -0.507 e. The second kappa shape index (κ2) is 9.73. The van der Waals surface area contributed by atoms with Gasteiger partial charge in [0.2, 0.25) is 0 Å². The standard InChI is InChI=1S/C30H29F2N3O2/c1-4-11-33-12-14-34(15-13-33)25-18-28(37)35(30-19(2)7-5-8-20(30)3)26-17-21(24(32)16-22(25)26)29-23(31)9-6-10-27(29)36/h4-11,16-18,36H,12-15H2,1-3H3. The Bertz CT molecular complexity index is 1540. The molecule has 37 heavy (non-hydrogen) atoms. The van der Waals surface area contributed by atoms with Crippen LogP contribution in [0.4, 0.5) is 14.5 Å². The van der Waals surface area contributed by atoms with Gasteiger partial charge in [-0.05, 0) is 62.4 Å². The summed E-state index contributed by atoms with van der Waals surface area (Å²) >= 11 is 0. The van der Waals surface area contributed by atoms with Gasteiger partial charge in [-0.25, -0.2) is 8.78 Å². The molecule has 1 N–H and O–H groups in total. The van der Waals surface area contributed by atoms with Crippen molar-refractivity contribution in [1.29, 1.82) is 0 Å². The third-order valence-corrected chi connectivity index (χ3v) is 7.02. The number of allylic oxidation sites excluding steroid dienone is 1. The molecule has 0 amide bonds. The van der Waals surface area contributed by atoms with Crippen LogP contribution in [0.1, 0.15) is 18.1 Å². The largest absolute Gasteiger partial charge is 0.507 e. The van der Waals surface area contributed by atoms with Crippen LogP contribution in [0.25, 0.3) is 27.7 Å². The van der Waals surface area contributed by atoms with E-state index >= 15 is 4.39 Å². The van der Waals surface area contributed by atoms with Gasteiger partial charge in [-0.2, -0.15) is 0 Å². The van der Waals surface area contributed by atoms with Crippen LogP contribution in [0.3, 0.4) is 0 Å². The van der Waals surface area contributed by atoms with Crippen LogP contribution in [0.2, 0.25) is 0 Å². The molecule has 190 valence electrons. The van der Waals surface area contributed by atoms with Gasteiger partial charge in [0.25, 0.3) is 5.56 Å². The summed E-state index contributed by atoms with van der Waals surface area (Å²) in [6.45, 7) is 8.70. The first-order chi connectivity index (χ1) is 17.8. The topological polar surface area (TPSA) is 48.7 Å². The Hall–Kier alpha value is -4.13. The average molecular weight is 502 g/mol. The zero-order valence-corrected chi connectivity index (χ0v) is 21.1. The lowest BCUT2D eigenvalue weighted by atomic mass is 9.99. The second-order valence-electron chi connectivity index (χ2n) is 9.43. The normalized spacial score (nSPS) is 14.2. The second-order valence-corrected chi connectivity index (χ2v) is 9.43. The number of halogens is 2. The number of anilines is 1. The minimum absolute atomic E-state index is 0.0995. The summed E-state index contributed by atoms with van der Waals surface area (Å²) < 4.78 is 32.0. The minimum atomic E-state index is -0.740. The molecule has 2 heterocycles. The number of phenolic OH excluding ortho intramolecular Hbond substituents is 1. The van der Waals surface area contributed by atoms with Gasteiger partial charge >= 0.3 is 0 Å². The molecule has 0 bridgehead atoms. The van der Waals surface area contributed by atoms with Gasteiger partial charge in [-0.15, -0.1) is 0 Å². The summed E-state index contributed by atoms with van der Waals surface area (Å²) in [5.74, 6) is -1.78. The molecule has 0 radical (unpaired) electrons. The van der Waals surface area contributed by atoms with Crippen LogP contribution < -0.4 is 10.5 Å². The first-order valence-electron chi connectivity index (χ1n) is 12.4. The Morgan fingerprint density at radius 2 is 1.57 bits per heavy atom. The maximum absolute atomic E-state index is 15.7. The van der Waals surface area contributed by atoms with Crippen molar-refractivity contribution in [1.82, 2.24) is 9.47 Å². The fraction of sp³-hybridized carbons (Fsp3) is 0.233. The van der Waals surface area contributed by atoms with E-state index in [1.165, 1.54) is 30.3 Å². The molecule has 1 aliphatic heterocycles. The van der Waals surface area contributed by atoms with Gasteiger partial charge in [0.15, 0.2) is 0 Å². The van der Waals surface area contributed by atoms with E-state index in [0.717, 1.165) is 24.2 Å². The lowest BCUT2D eigenvalue weighted by molar-refractivity contribution is 0.349. The van der Waals surface area contributed by atoms with Gasteiger partial charge in [0.05, 0.1) is 22.5 Å². The number of phenols is 1. The first kappa shape index (κ1) is 24.6. The summed E-state index contributed by atoms with van der Waals surface area (Å²) in [4.78, 5) is 18.0. The van der Waals surface area contributed by atoms with Crippen LogP contribution >= 0.6 is 0 Å². The zero-order chi connectivity index (χ0) is 26.3. The van der Waals surface area contributed by atoms with E-state index < -0.39 is 11.6 Å². The van der Waals surface area contributed by atoms with E-state index in [1.54, 1.807) is 10.6 Å². The molecule has 0 saturated carbocycles. The average Bonchev–Trinajstić information content (AvgIpc) is 2.86. The molecule has 0 spiro atoms. The monoisotopic (exact) mass is 501 g/mol. The Morgan fingerprint density at radius 3 is 2.22 bits per heavy atom. The van der Waals surface area contributed by atoms with Crippen molar-refractivity contribution in [3.63, 3.8) is 0 Å². The Balaban J connectivity index is 1.81. The quantitative estimate of drug-likeness (QED) is 0.378. The number of piperazine rings is 1. The molecule has 4 aromatic rings. The van der Waals surface area contributed by atoms with Crippen LogP contribution in [0.5, 0.6) is 5.75 Å².